The number of nitrogens with zero attached hydrogens (tertiary/aromatic N) is 1. The van der Waals surface area contributed by atoms with Crippen LogP contribution in [0.4, 0.5) is 0 Å². The van der Waals surface area contributed by atoms with E-state index in [1.54, 1.807) is 24.3 Å². The molecule has 1 aliphatic carbocycles. The molecule has 1 heterocycles. The van der Waals surface area contributed by atoms with E-state index >= 15 is 0 Å². The van der Waals surface area contributed by atoms with Crippen molar-refractivity contribution >= 4 is 28.9 Å². The number of aryl methyl sites for hydroxylation is 1. The molecule has 0 saturated heterocycles. The highest BCUT2D eigenvalue weighted by atomic mass is 35.5. The highest BCUT2D eigenvalue weighted by molar-refractivity contribution is 6.30. The van der Waals surface area contributed by atoms with Gasteiger partial charge in [-0.3, -0.25) is 4.79 Å². The quantitative estimate of drug-likeness (QED) is 0.776. The molecule has 1 saturated carbocycles. The number of benzene rings is 2. The summed E-state index contributed by atoms with van der Waals surface area (Å²) >= 11 is 5.90. The van der Waals surface area contributed by atoms with Crippen LogP contribution < -0.4 is 5.32 Å². The van der Waals surface area contributed by atoms with Gasteiger partial charge in [-0.15, -0.1) is 0 Å². The fraction of sp³-hybridized carbons (Fsp3) is 0.273. The van der Waals surface area contributed by atoms with Crippen LogP contribution in [0.1, 0.15) is 47.2 Å². The summed E-state index contributed by atoms with van der Waals surface area (Å²) in [4.78, 5) is 17.3. The third kappa shape index (κ3) is 3.88. The van der Waals surface area contributed by atoms with Crippen LogP contribution >= 0.6 is 11.6 Å². The summed E-state index contributed by atoms with van der Waals surface area (Å²) < 4.78 is 0. The minimum absolute atomic E-state index is 0.142. The van der Waals surface area contributed by atoms with Crippen molar-refractivity contribution in [1.29, 1.82) is 0 Å². The van der Waals surface area contributed by atoms with Crippen molar-refractivity contribution in [2.24, 2.45) is 10.9 Å². The number of allylic oxidation sites excluding steroid dienone is 1. The minimum Gasteiger partial charge on any atom is -0.310 e. The Morgan fingerprint density at radius 1 is 1.12 bits per heavy atom. The monoisotopic (exact) mass is 364 g/mol. The molecule has 2 aromatic rings. The summed E-state index contributed by atoms with van der Waals surface area (Å²) in [5.74, 6) is 1.34. The molecule has 26 heavy (non-hydrogen) atoms. The van der Waals surface area contributed by atoms with Crippen LogP contribution in [0.2, 0.25) is 5.02 Å². The fourth-order valence-electron chi connectivity index (χ4n) is 3.20. The Kier molecular flexibility index (Phi) is 4.64. The summed E-state index contributed by atoms with van der Waals surface area (Å²) in [5.41, 5.74) is 5.40. The minimum atomic E-state index is -0.142. The second-order valence-electron chi connectivity index (χ2n) is 7.14. The van der Waals surface area contributed by atoms with Crippen LogP contribution in [0, 0.1) is 12.8 Å². The third-order valence-electron chi connectivity index (χ3n) is 4.91. The molecule has 0 unspecified atom stereocenters. The highest BCUT2D eigenvalue weighted by Crippen LogP contribution is 2.40. The fourth-order valence-corrected chi connectivity index (χ4v) is 3.33. The molecule has 2 aliphatic rings. The first-order chi connectivity index (χ1) is 12.6. The van der Waals surface area contributed by atoms with Crippen LogP contribution in [0.25, 0.3) is 5.57 Å². The van der Waals surface area contributed by atoms with E-state index in [1.165, 1.54) is 29.5 Å². The van der Waals surface area contributed by atoms with E-state index in [1.807, 2.05) is 0 Å². The van der Waals surface area contributed by atoms with Gasteiger partial charge in [0.25, 0.3) is 5.91 Å². The number of rotatable bonds is 4. The zero-order chi connectivity index (χ0) is 18.1. The van der Waals surface area contributed by atoms with E-state index in [4.69, 9.17) is 16.6 Å². The number of amides is 1. The van der Waals surface area contributed by atoms with Crippen molar-refractivity contribution in [2.45, 2.75) is 32.6 Å². The van der Waals surface area contributed by atoms with Gasteiger partial charge in [-0.2, -0.15) is 0 Å². The molecule has 0 aromatic heterocycles. The van der Waals surface area contributed by atoms with Gasteiger partial charge in [-0.05, 0) is 67.5 Å². The Bertz CT molecular complexity index is 891. The third-order valence-corrected chi connectivity index (χ3v) is 5.16. The van der Waals surface area contributed by atoms with Gasteiger partial charge in [0.2, 0.25) is 0 Å². The predicted octanol–water partition coefficient (Wildman–Crippen LogP) is 5.39. The van der Waals surface area contributed by atoms with Crippen LogP contribution in [0.5, 0.6) is 0 Å². The Morgan fingerprint density at radius 3 is 2.46 bits per heavy atom. The number of hydrogen-bond donors (Lipinski definition) is 1. The Hall–Kier alpha value is -2.39. The lowest BCUT2D eigenvalue weighted by molar-refractivity contribution is 0.0976. The van der Waals surface area contributed by atoms with E-state index in [2.05, 4.69) is 36.5 Å². The van der Waals surface area contributed by atoms with Gasteiger partial charge in [0, 0.05) is 22.7 Å². The van der Waals surface area contributed by atoms with E-state index in [0.29, 0.717) is 17.0 Å². The average molecular weight is 365 g/mol. The first kappa shape index (κ1) is 17.0. The van der Waals surface area contributed by atoms with Gasteiger partial charge in [-0.25, -0.2) is 4.99 Å². The van der Waals surface area contributed by atoms with Gasteiger partial charge < -0.3 is 5.32 Å². The number of nitrogens with one attached hydrogen (secondary N) is 1. The maximum atomic E-state index is 12.5. The number of aliphatic imine (C=N–C) groups is 1. The standard InChI is InChI=1S/C22H21ClN2O/c1-14-2-6-16(7-3-14)19-13-21(24-20(19)12-15-4-5-15)25-22(26)17-8-10-18(23)11-9-17/h2-3,6-11,15H,4-5,12-13H2,1H3,(H,24,25,26). The average Bonchev–Trinajstić information content (AvgIpc) is 3.36. The van der Waals surface area contributed by atoms with Gasteiger partial charge >= 0.3 is 0 Å². The highest BCUT2D eigenvalue weighted by Gasteiger charge is 2.28. The molecule has 4 rings (SSSR count). The molecule has 1 N–H and O–H groups in total. The van der Waals surface area contributed by atoms with Crippen molar-refractivity contribution in [2.75, 3.05) is 0 Å². The molecule has 0 radical (unpaired) electrons. The van der Waals surface area contributed by atoms with Crippen LogP contribution in [0.3, 0.4) is 0 Å². The molecule has 4 heteroatoms. The molecule has 3 nitrogen and oxygen atoms in total. The molecule has 132 valence electrons. The molecule has 0 bridgehead atoms. The topological polar surface area (TPSA) is 41.5 Å². The molecule has 0 atom stereocenters. The summed E-state index contributed by atoms with van der Waals surface area (Å²) in [6.07, 6.45) is 4.24. The van der Waals surface area contributed by atoms with Crippen LogP contribution in [-0.4, -0.2) is 11.7 Å². The van der Waals surface area contributed by atoms with Crippen molar-refractivity contribution < 1.29 is 4.79 Å². The summed E-state index contributed by atoms with van der Waals surface area (Å²) in [6.45, 7) is 2.09. The van der Waals surface area contributed by atoms with Crippen molar-refractivity contribution in [3.8, 4) is 0 Å². The lowest BCUT2D eigenvalue weighted by Crippen LogP contribution is -2.29. The lowest BCUT2D eigenvalue weighted by Gasteiger charge is -2.07. The summed E-state index contributed by atoms with van der Waals surface area (Å²) in [5, 5.41) is 3.60. The zero-order valence-electron chi connectivity index (χ0n) is 14.8. The van der Waals surface area contributed by atoms with E-state index in [0.717, 1.165) is 23.9 Å². The van der Waals surface area contributed by atoms with Gasteiger partial charge in [0.15, 0.2) is 0 Å². The largest absolute Gasteiger partial charge is 0.310 e. The number of halogens is 1. The maximum absolute atomic E-state index is 12.5. The van der Waals surface area contributed by atoms with Crippen molar-refractivity contribution in [3.05, 3.63) is 75.9 Å². The first-order valence-electron chi connectivity index (χ1n) is 9.02. The Morgan fingerprint density at radius 2 is 1.81 bits per heavy atom. The van der Waals surface area contributed by atoms with Crippen molar-refractivity contribution in [1.82, 2.24) is 5.32 Å². The molecule has 1 fully saturated rings. The normalized spacial score (nSPS) is 16.6. The Labute approximate surface area is 158 Å². The number of amidine groups is 1. The van der Waals surface area contributed by atoms with E-state index in [-0.39, 0.29) is 5.91 Å². The van der Waals surface area contributed by atoms with Crippen LogP contribution in [0.15, 0.2) is 59.2 Å². The predicted molar refractivity (Wildman–Crippen MR) is 106 cm³/mol. The second-order valence-corrected chi connectivity index (χ2v) is 7.57. The smallest absolute Gasteiger partial charge is 0.256 e. The first-order valence-corrected chi connectivity index (χ1v) is 9.40. The SMILES string of the molecule is Cc1ccc(C2=C(CC3CC3)N=C(NC(=O)c3ccc(Cl)cc3)C2)cc1. The molecule has 2 aromatic carbocycles. The zero-order valence-corrected chi connectivity index (χ0v) is 15.5. The molecular formula is C22H21ClN2O. The van der Waals surface area contributed by atoms with E-state index < -0.39 is 0 Å². The van der Waals surface area contributed by atoms with Crippen LogP contribution in [-0.2, 0) is 0 Å². The van der Waals surface area contributed by atoms with Crippen molar-refractivity contribution in [3.63, 3.8) is 0 Å². The maximum Gasteiger partial charge on any atom is 0.256 e. The molecular weight excluding hydrogens is 344 g/mol. The van der Waals surface area contributed by atoms with Gasteiger partial charge in [-0.1, -0.05) is 41.4 Å². The number of hydrogen-bond acceptors (Lipinski definition) is 2. The van der Waals surface area contributed by atoms with Gasteiger partial charge in [0.1, 0.15) is 5.84 Å². The lowest BCUT2D eigenvalue weighted by atomic mass is 9.99. The molecule has 0 spiro atoms. The molecule has 1 aliphatic heterocycles. The second kappa shape index (κ2) is 7.08. The van der Waals surface area contributed by atoms with Gasteiger partial charge in [0.05, 0.1) is 0 Å². The van der Waals surface area contributed by atoms with E-state index in [9.17, 15) is 4.79 Å². The number of carbonyl (C=O) groups excluding carboxylic acids is 1. The number of carbonyl (C=O) groups is 1. The Balaban J connectivity index is 1.52. The summed E-state index contributed by atoms with van der Waals surface area (Å²) in [6, 6.07) is 15.5. The molecule has 1 amide bonds. The summed E-state index contributed by atoms with van der Waals surface area (Å²) in [7, 11) is 0.